The molecule has 0 saturated carbocycles. The molecule has 0 aliphatic carbocycles. The van der Waals surface area contributed by atoms with Gasteiger partial charge in [-0.05, 0) is 85.6 Å². The van der Waals surface area contributed by atoms with E-state index in [1.165, 1.54) is 21.2 Å². The van der Waals surface area contributed by atoms with Crippen molar-refractivity contribution in [3.8, 4) is 11.5 Å². The second-order valence-electron chi connectivity index (χ2n) is 12.1. The monoisotopic (exact) mass is 638 g/mol. The van der Waals surface area contributed by atoms with Crippen LogP contribution in [0.4, 0.5) is 22.7 Å². The SMILES string of the molecule is CC1(C)c2cccc(P(c3ccc(N)cc3)c3ccc(N)cc3)c2Oc2c(P(c3ccc(N)cc3)c3ccc(N)cc3)cccc21. The Labute approximate surface area is 272 Å². The van der Waals surface area contributed by atoms with E-state index in [4.69, 9.17) is 27.7 Å². The number of hydrogen-bond donors (Lipinski definition) is 4. The highest BCUT2D eigenvalue weighted by atomic mass is 31.1. The van der Waals surface area contributed by atoms with Gasteiger partial charge in [0.15, 0.2) is 0 Å². The largest absolute Gasteiger partial charge is 0.455 e. The number of rotatable bonds is 6. The van der Waals surface area contributed by atoms with Gasteiger partial charge in [0.1, 0.15) is 11.5 Å². The topological polar surface area (TPSA) is 113 Å². The third kappa shape index (κ3) is 5.36. The number of benzene rings is 6. The van der Waals surface area contributed by atoms with Crippen molar-refractivity contribution in [3.05, 3.63) is 145 Å². The van der Waals surface area contributed by atoms with Crippen LogP contribution in [0.1, 0.15) is 25.0 Å². The predicted octanol–water partition coefficient (Wildman–Crippen LogP) is 5.96. The van der Waals surface area contributed by atoms with Crippen molar-refractivity contribution in [2.24, 2.45) is 0 Å². The van der Waals surface area contributed by atoms with Gasteiger partial charge in [0, 0.05) is 49.9 Å². The first-order valence-electron chi connectivity index (χ1n) is 15.2. The fourth-order valence-corrected chi connectivity index (χ4v) is 10.9. The van der Waals surface area contributed by atoms with Gasteiger partial charge in [0.2, 0.25) is 0 Å². The molecule has 6 aromatic rings. The zero-order chi connectivity index (χ0) is 32.0. The molecule has 0 bridgehead atoms. The Kier molecular flexibility index (Phi) is 7.69. The zero-order valence-electron chi connectivity index (χ0n) is 25.8. The van der Waals surface area contributed by atoms with Crippen LogP contribution in [0, 0.1) is 0 Å². The van der Waals surface area contributed by atoms with Crippen LogP contribution in [0.15, 0.2) is 133 Å². The van der Waals surface area contributed by atoms with Crippen molar-refractivity contribution in [2.45, 2.75) is 19.3 Å². The Morgan fingerprint density at radius 2 is 0.696 bits per heavy atom. The highest BCUT2D eigenvalue weighted by molar-refractivity contribution is 7.80. The molecule has 1 aliphatic rings. The van der Waals surface area contributed by atoms with E-state index in [-0.39, 0.29) is 5.41 Å². The maximum atomic E-state index is 7.25. The maximum absolute atomic E-state index is 7.25. The summed E-state index contributed by atoms with van der Waals surface area (Å²) in [5.74, 6) is 1.83. The summed E-state index contributed by atoms with van der Waals surface area (Å²) in [7, 11) is -1.99. The van der Waals surface area contributed by atoms with E-state index in [9.17, 15) is 0 Å². The van der Waals surface area contributed by atoms with Crippen LogP contribution >= 0.6 is 15.8 Å². The molecule has 0 radical (unpaired) electrons. The van der Waals surface area contributed by atoms with E-state index in [2.05, 4.69) is 98.8 Å². The molecular weight excluding hydrogens is 602 g/mol. The Balaban J connectivity index is 1.44. The average molecular weight is 639 g/mol. The van der Waals surface area contributed by atoms with Crippen LogP contribution in [0.25, 0.3) is 0 Å². The lowest BCUT2D eigenvalue weighted by atomic mass is 9.76. The van der Waals surface area contributed by atoms with Gasteiger partial charge >= 0.3 is 0 Å². The lowest BCUT2D eigenvalue weighted by Crippen LogP contribution is -2.32. The summed E-state index contributed by atoms with van der Waals surface area (Å²) < 4.78 is 7.25. The number of nitrogens with two attached hydrogens (primary N) is 4. The van der Waals surface area contributed by atoms with E-state index < -0.39 is 15.8 Å². The number of fused-ring (bicyclic) bond motifs is 2. The van der Waals surface area contributed by atoms with Gasteiger partial charge in [-0.2, -0.15) is 0 Å². The van der Waals surface area contributed by atoms with Crippen molar-refractivity contribution in [2.75, 3.05) is 22.9 Å². The molecule has 46 heavy (non-hydrogen) atoms. The van der Waals surface area contributed by atoms with Gasteiger partial charge in [-0.15, -0.1) is 0 Å². The van der Waals surface area contributed by atoms with E-state index in [1.807, 2.05) is 48.5 Å². The Morgan fingerprint density at radius 3 is 0.978 bits per heavy atom. The smallest absolute Gasteiger partial charge is 0.139 e. The maximum Gasteiger partial charge on any atom is 0.139 e. The number of para-hydroxylation sites is 2. The molecule has 7 heteroatoms. The molecule has 0 aromatic heterocycles. The zero-order valence-corrected chi connectivity index (χ0v) is 27.6. The van der Waals surface area contributed by atoms with Crippen molar-refractivity contribution in [3.63, 3.8) is 0 Å². The molecule has 0 amide bonds. The number of ether oxygens (including phenoxy) is 1. The summed E-state index contributed by atoms with van der Waals surface area (Å²) in [4.78, 5) is 0. The minimum atomic E-state index is -0.995. The third-order valence-corrected chi connectivity index (χ3v) is 13.6. The van der Waals surface area contributed by atoms with E-state index in [1.54, 1.807) is 0 Å². The van der Waals surface area contributed by atoms with E-state index in [0.29, 0.717) is 0 Å². The van der Waals surface area contributed by atoms with Crippen LogP contribution < -0.4 is 59.5 Å². The molecule has 0 fully saturated rings. The fourth-order valence-electron chi connectivity index (χ4n) is 6.20. The highest BCUT2D eigenvalue weighted by Crippen LogP contribution is 2.52. The third-order valence-electron chi connectivity index (χ3n) is 8.63. The molecule has 0 saturated heterocycles. The summed E-state index contributed by atoms with van der Waals surface area (Å²) in [6, 6.07) is 46.0. The van der Waals surface area contributed by atoms with Gasteiger partial charge < -0.3 is 27.7 Å². The summed E-state index contributed by atoms with van der Waals surface area (Å²) in [5.41, 5.74) is 29.5. The Morgan fingerprint density at radius 1 is 0.413 bits per heavy atom. The van der Waals surface area contributed by atoms with Gasteiger partial charge in [0.05, 0.1) is 0 Å². The number of nitrogen functional groups attached to an aromatic ring is 4. The number of hydrogen-bond acceptors (Lipinski definition) is 5. The van der Waals surface area contributed by atoms with Gasteiger partial charge in [-0.25, -0.2) is 0 Å². The molecule has 0 spiro atoms. The molecule has 0 unspecified atom stereocenters. The molecule has 1 aliphatic heterocycles. The van der Waals surface area contributed by atoms with Gasteiger partial charge in [-0.3, -0.25) is 0 Å². The normalized spacial score (nSPS) is 13.2. The molecule has 7 rings (SSSR count). The van der Waals surface area contributed by atoms with Crippen LogP contribution in [-0.4, -0.2) is 0 Å². The summed E-state index contributed by atoms with van der Waals surface area (Å²) in [5, 5.41) is 7.06. The van der Waals surface area contributed by atoms with Crippen molar-refractivity contribution in [1.29, 1.82) is 0 Å². The van der Waals surface area contributed by atoms with Crippen molar-refractivity contribution in [1.82, 2.24) is 0 Å². The molecule has 0 atom stereocenters. The first-order valence-corrected chi connectivity index (χ1v) is 17.9. The molecule has 8 N–H and O–H groups in total. The first-order chi connectivity index (χ1) is 22.2. The first kappa shape index (κ1) is 29.9. The van der Waals surface area contributed by atoms with Crippen molar-refractivity contribution >= 4 is 70.4 Å². The van der Waals surface area contributed by atoms with Gasteiger partial charge in [0.25, 0.3) is 0 Å². The van der Waals surface area contributed by atoms with Gasteiger partial charge in [-0.1, -0.05) is 98.8 Å². The lowest BCUT2D eigenvalue weighted by Gasteiger charge is -2.38. The quantitative estimate of drug-likeness (QED) is 0.133. The van der Waals surface area contributed by atoms with E-state index >= 15 is 0 Å². The molecular formula is C39H36N4OP2. The highest BCUT2D eigenvalue weighted by Gasteiger charge is 2.39. The van der Waals surface area contributed by atoms with E-state index in [0.717, 1.165) is 56.0 Å². The minimum Gasteiger partial charge on any atom is -0.455 e. The van der Waals surface area contributed by atoms with Crippen LogP contribution in [-0.2, 0) is 5.41 Å². The predicted molar refractivity (Wildman–Crippen MR) is 200 cm³/mol. The molecule has 6 aromatic carbocycles. The van der Waals surface area contributed by atoms with Crippen LogP contribution in [0.5, 0.6) is 11.5 Å². The average Bonchev–Trinajstić information content (AvgIpc) is 3.05. The summed E-state index contributed by atoms with van der Waals surface area (Å²) in [6.07, 6.45) is 0. The Hall–Kier alpha value is -4.82. The second-order valence-corrected chi connectivity index (χ2v) is 16.4. The second kappa shape index (κ2) is 11.8. The molecule has 5 nitrogen and oxygen atoms in total. The Bertz CT molecular complexity index is 1790. The summed E-state index contributed by atoms with van der Waals surface area (Å²) >= 11 is 0. The lowest BCUT2D eigenvalue weighted by molar-refractivity contribution is 0.425. The molecule has 1 heterocycles. The fraction of sp³-hybridized carbons (Fsp3) is 0.0769. The van der Waals surface area contributed by atoms with Crippen molar-refractivity contribution < 1.29 is 4.74 Å². The summed E-state index contributed by atoms with van der Waals surface area (Å²) in [6.45, 7) is 4.59. The van der Waals surface area contributed by atoms with Crippen LogP contribution in [0.3, 0.4) is 0 Å². The number of anilines is 4. The minimum absolute atomic E-state index is 0.318. The van der Waals surface area contributed by atoms with Crippen LogP contribution in [0.2, 0.25) is 0 Å². The standard InChI is InChI=1S/C39H36N4OP2/c1-39(2)33-5-3-7-35(45(29-17-9-25(40)10-18-29)30-19-11-26(41)12-20-30)37(33)44-38-34(39)6-4-8-36(38)46(31-21-13-27(42)14-22-31)32-23-15-28(43)16-24-32/h3-24H,40-43H2,1-2H3. The molecule has 228 valence electrons.